The van der Waals surface area contributed by atoms with Gasteiger partial charge in [0.25, 0.3) is 0 Å². The SMILES string of the molecule is COc1cc(C)c(C=O)c(C)c1NC(C)=O. The lowest BCUT2D eigenvalue weighted by Crippen LogP contribution is -2.10. The Morgan fingerprint density at radius 1 is 1.44 bits per heavy atom. The molecular formula is C12H15NO3. The van der Waals surface area contributed by atoms with Gasteiger partial charge in [0, 0.05) is 12.5 Å². The molecule has 0 aromatic heterocycles. The minimum atomic E-state index is -0.192. The molecule has 0 aliphatic rings. The van der Waals surface area contributed by atoms with E-state index in [0.29, 0.717) is 17.0 Å². The van der Waals surface area contributed by atoms with Crippen molar-refractivity contribution in [1.82, 2.24) is 0 Å². The Morgan fingerprint density at radius 3 is 2.50 bits per heavy atom. The number of nitrogens with one attached hydrogen (secondary N) is 1. The summed E-state index contributed by atoms with van der Waals surface area (Å²) >= 11 is 0. The Bertz CT molecular complexity index is 438. The fourth-order valence-corrected chi connectivity index (χ4v) is 1.64. The number of carbonyl (C=O) groups is 2. The van der Waals surface area contributed by atoms with Gasteiger partial charge in [0.2, 0.25) is 5.91 Å². The van der Waals surface area contributed by atoms with Crippen LogP contribution in [0.3, 0.4) is 0 Å². The third-order valence-electron chi connectivity index (χ3n) is 2.44. The molecule has 0 spiro atoms. The first kappa shape index (κ1) is 12.2. The molecule has 4 nitrogen and oxygen atoms in total. The Labute approximate surface area is 94.6 Å². The lowest BCUT2D eigenvalue weighted by atomic mass is 10.0. The van der Waals surface area contributed by atoms with Crippen LogP contribution in [0.4, 0.5) is 5.69 Å². The predicted octanol–water partition coefficient (Wildman–Crippen LogP) is 2.08. The van der Waals surface area contributed by atoms with Gasteiger partial charge in [-0.3, -0.25) is 9.59 Å². The van der Waals surface area contributed by atoms with Gasteiger partial charge in [-0.05, 0) is 31.0 Å². The molecule has 1 rings (SSSR count). The number of rotatable bonds is 3. The number of methoxy groups -OCH3 is 1. The van der Waals surface area contributed by atoms with Crippen LogP contribution >= 0.6 is 0 Å². The zero-order valence-electron chi connectivity index (χ0n) is 9.88. The highest BCUT2D eigenvalue weighted by Gasteiger charge is 2.14. The van der Waals surface area contributed by atoms with E-state index in [2.05, 4.69) is 5.32 Å². The minimum Gasteiger partial charge on any atom is -0.495 e. The van der Waals surface area contributed by atoms with Crippen LogP contribution in [-0.4, -0.2) is 19.3 Å². The average molecular weight is 221 g/mol. The summed E-state index contributed by atoms with van der Waals surface area (Å²) in [5, 5.41) is 2.67. The number of hydrogen-bond donors (Lipinski definition) is 1. The predicted molar refractivity (Wildman–Crippen MR) is 62.2 cm³/mol. The summed E-state index contributed by atoms with van der Waals surface area (Å²) in [6.45, 7) is 5.03. The van der Waals surface area contributed by atoms with E-state index in [0.717, 1.165) is 17.4 Å². The summed E-state index contributed by atoms with van der Waals surface area (Å²) in [5.74, 6) is 0.373. The second-order valence-corrected chi connectivity index (χ2v) is 3.61. The van der Waals surface area contributed by atoms with Gasteiger partial charge in [-0.15, -0.1) is 0 Å². The van der Waals surface area contributed by atoms with Gasteiger partial charge in [-0.1, -0.05) is 0 Å². The van der Waals surface area contributed by atoms with Crippen LogP contribution in [0, 0.1) is 13.8 Å². The average Bonchev–Trinajstić information content (AvgIpc) is 2.22. The quantitative estimate of drug-likeness (QED) is 0.795. The molecule has 0 aliphatic carbocycles. The zero-order valence-corrected chi connectivity index (χ0v) is 9.88. The smallest absolute Gasteiger partial charge is 0.221 e. The monoisotopic (exact) mass is 221 g/mol. The van der Waals surface area contributed by atoms with Crippen LogP contribution in [0.1, 0.15) is 28.4 Å². The molecule has 1 N–H and O–H groups in total. The zero-order chi connectivity index (χ0) is 12.3. The van der Waals surface area contributed by atoms with Crippen molar-refractivity contribution in [3.05, 3.63) is 22.8 Å². The highest BCUT2D eigenvalue weighted by Crippen LogP contribution is 2.32. The normalized spacial score (nSPS) is 9.75. The second-order valence-electron chi connectivity index (χ2n) is 3.61. The molecule has 86 valence electrons. The van der Waals surface area contributed by atoms with Gasteiger partial charge in [0.05, 0.1) is 12.8 Å². The third-order valence-corrected chi connectivity index (χ3v) is 2.44. The summed E-state index contributed by atoms with van der Waals surface area (Å²) in [6.07, 6.45) is 0.787. The van der Waals surface area contributed by atoms with E-state index in [1.54, 1.807) is 13.0 Å². The Hall–Kier alpha value is -1.84. The molecule has 0 bridgehead atoms. The van der Waals surface area contributed by atoms with Gasteiger partial charge in [0.15, 0.2) is 6.29 Å². The molecule has 0 fully saturated rings. The third kappa shape index (κ3) is 2.21. The minimum absolute atomic E-state index is 0.192. The summed E-state index contributed by atoms with van der Waals surface area (Å²) < 4.78 is 5.18. The molecule has 0 atom stereocenters. The molecule has 1 aromatic carbocycles. The van der Waals surface area contributed by atoms with Crippen molar-refractivity contribution in [3.63, 3.8) is 0 Å². The number of hydrogen-bond acceptors (Lipinski definition) is 3. The Balaban J connectivity index is 3.42. The molecule has 0 heterocycles. The topological polar surface area (TPSA) is 55.4 Å². The molecule has 0 saturated heterocycles. The number of benzene rings is 1. The fourth-order valence-electron chi connectivity index (χ4n) is 1.64. The van der Waals surface area contributed by atoms with Crippen molar-refractivity contribution in [2.45, 2.75) is 20.8 Å². The summed E-state index contributed by atoms with van der Waals surface area (Å²) in [5.41, 5.74) is 2.70. The van der Waals surface area contributed by atoms with Crippen LogP contribution in [0.2, 0.25) is 0 Å². The molecule has 0 radical (unpaired) electrons. The molecule has 1 aromatic rings. The van der Waals surface area contributed by atoms with Crippen molar-refractivity contribution in [3.8, 4) is 5.75 Å². The van der Waals surface area contributed by atoms with E-state index in [1.165, 1.54) is 14.0 Å². The van der Waals surface area contributed by atoms with Gasteiger partial charge in [-0.2, -0.15) is 0 Å². The first-order valence-electron chi connectivity index (χ1n) is 4.92. The maximum atomic E-state index is 11.1. The van der Waals surface area contributed by atoms with Crippen molar-refractivity contribution in [1.29, 1.82) is 0 Å². The molecule has 0 saturated carbocycles. The molecule has 0 aliphatic heterocycles. The number of ether oxygens (including phenoxy) is 1. The lowest BCUT2D eigenvalue weighted by Gasteiger charge is -2.15. The van der Waals surface area contributed by atoms with Crippen molar-refractivity contribution < 1.29 is 14.3 Å². The second kappa shape index (κ2) is 4.79. The highest BCUT2D eigenvalue weighted by molar-refractivity contribution is 5.94. The number of aryl methyl sites for hydroxylation is 1. The number of anilines is 1. The number of amides is 1. The fraction of sp³-hybridized carbons (Fsp3) is 0.333. The van der Waals surface area contributed by atoms with Crippen LogP contribution < -0.4 is 10.1 Å². The van der Waals surface area contributed by atoms with Gasteiger partial charge in [0.1, 0.15) is 5.75 Å². The summed E-state index contributed by atoms with van der Waals surface area (Å²) in [4.78, 5) is 22.0. The molecule has 1 amide bonds. The highest BCUT2D eigenvalue weighted by atomic mass is 16.5. The van der Waals surface area contributed by atoms with E-state index in [1.807, 2.05) is 6.92 Å². The van der Waals surface area contributed by atoms with E-state index < -0.39 is 0 Å². The maximum absolute atomic E-state index is 11.1. The van der Waals surface area contributed by atoms with Crippen LogP contribution in [0.25, 0.3) is 0 Å². The summed E-state index contributed by atoms with van der Waals surface area (Å²) in [6, 6.07) is 1.74. The Kier molecular flexibility index (Phi) is 3.66. The summed E-state index contributed by atoms with van der Waals surface area (Å²) in [7, 11) is 1.53. The molecule has 4 heteroatoms. The molecular weight excluding hydrogens is 206 g/mol. The standard InChI is InChI=1S/C12H15NO3/c1-7-5-11(16-4)12(13-9(3)15)8(2)10(7)6-14/h5-6H,1-4H3,(H,13,15). The first-order chi connectivity index (χ1) is 7.51. The first-order valence-corrected chi connectivity index (χ1v) is 4.92. The van der Waals surface area contributed by atoms with E-state index >= 15 is 0 Å². The molecule has 0 unspecified atom stereocenters. The lowest BCUT2D eigenvalue weighted by molar-refractivity contribution is -0.114. The number of carbonyl (C=O) groups excluding carboxylic acids is 2. The van der Waals surface area contributed by atoms with Crippen LogP contribution in [0.5, 0.6) is 5.75 Å². The molecule has 16 heavy (non-hydrogen) atoms. The van der Waals surface area contributed by atoms with Crippen molar-refractivity contribution in [2.75, 3.05) is 12.4 Å². The van der Waals surface area contributed by atoms with Crippen molar-refractivity contribution in [2.24, 2.45) is 0 Å². The van der Waals surface area contributed by atoms with Crippen LogP contribution in [-0.2, 0) is 4.79 Å². The van der Waals surface area contributed by atoms with Gasteiger partial charge in [-0.25, -0.2) is 0 Å². The maximum Gasteiger partial charge on any atom is 0.221 e. The van der Waals surface area contributed by atoms with E-state index in [4.69, 9.17) is 4.74 Å². The largest absolute Gasteiger partial charge is 0.495 e. The van der Waals surface area contributed by atoms with Crippen molar-refractivity contribution >= 4 is 17.9 Å². The Morgan fingerprint density at radius 2 is 2.06 bits per heavy atom. The number of aldehydes is 1. The van der Waals surface area contributed by atoms with Gasteiger partial charge < -0.3 is 10.1 Å². The van der Waals surface area contributed by atoms with E-state index in [9.17, 15) is 9.59 Å². The van der Waals surface area contributed by atoms with E-state index in [-0.39, 0.29) is 5.91 Å². The van der Waals surface area contributed by atoms with Gasteiger partial charge >= 0.3 is 0 Å². The van der Waals surface area contributed by atoms with Crippen LogP contribution in [0.15, 0.2) is 6.07 Å².